The molecule has 1 aromatic heterocycles. The number of rotatable bonds is 3. The summed E-state index contributed by atoms with van der Waals surface area (Å²) in [6.45, 7) is 6.09. The summed E-state index contributed by atoms with van der Waals surface area (Å²) >= 11 is 11.8. The van der Waals surface area contributed by atoms with Gasteiger partial charge in [-0.15, -0.1) is 0 Å². The van der Waals surface area contributed by atoms with Gasteiger partial charge in [0.05, 0.1) is 21.7 Å². The molecule has 2 N–H and O–H groups in total. The van der Waals surface area contributed by atoms with Crippen molar-refractivity contribution < 1.29 is 0 Å². The molecule has 2 aromatic carbocycles. The van der Waals surface area contributed by atoms with Gasteiger partial charge in [0.2, 0.25) is 0 Å². The fourth-order valence-corrected chi connectivity index (χ4v) is 3.32. The van der Waals surface area contributed by atoms with E-state index >= 15 is 0 Å². The Morgan fingerprint density at radius 1 is 1.25 bits per heavy atom. The molecule has 1 heterocycles. The Bertz CT molecular complexity index is 894. The molecule has 0 amide bonds. The van der Waals surface area contributed by atoms with Crippen molar-refractivity contribution in [2.75, 3.05) is 10.7 Å². The van der Waals surface area contributed by atoms with E-state index < -0.39 is 0 Å². The molecule has 0 unspecified atom stereocenters. The maximum absolute atomic E-state index is 6.35. The molecule has 0 atom stereocenters. The lowest BCUT2D eigenvalue weighted by molar-refractivity contribution is 0.867. The van der Waals surface area contributed by atoms with Crippen molar-refractivity contribution in [3.8, 4) is 0 Å². The highest BCUT2D eigenvalue weighted by Crippen LogP contribution is 2.27. The van der Waals surface area contributed by atoms with Crippen LogP contribution in [-0.4, -0.2) is 14.8 Å². The Morgan fingerprint density at radius 2 is 2.00 bits per heavy atom. The molecule has 3 aromatic rings. The second kappa shape index (κ2) is 6.79. The lowest BCUT2D eigenvalue weighted by atomic mass is 10.1. The average molecular weight is 359 g/mol. The number of para-hydroxylation sites is 2. The Balaban J connectivity index is 1.88. The zero-order chi connectivity index (χ0) is 17.3. The van der Waals surface area contributed by atoms with E-state index in [9.17, 15) is 0 Å². The van der Waals surface area contributed by atoms with Crippen molar-refractivity contribution in [3.63, 3.8) is 0 Å². The molecule has 0 saturated heterocycles. The number of aryl methyl sites for hydroxylation is 3. The normalized spacial score (nSPS) is 10.8. The van der Waals surface area contributed by atoms with Crippen LogP contribution >= 0.6 is 23.8 Å². The maximum Gasteiger partial charge on any atom is 0.190 e. The van der Waals surface area contributed by atoms with Crippen molar-refractivity contribution >= 4 is 45.7 Å². The number of aromatic nitrogens is 2. The van der Waals surface area contributed by atoms with E-state index in [4.69, 9.17) is 23.8 Å². The summed E-state index contributed by atoms with van der Waals surface area (Å²) in [5, 5.41) is 4.33. The van der Waals surface area contributed by atoms with Crippen LogP contribution in [0.25, 0.3) is 11.0 Å². The topological polar surface area (TPSA) is 41.9 Å². The third-order valence-electron chi connectivity index (χ3n) is 3.83. The van der Waals surface area contributed by atoms with Crippen molar-refractivity contribution in [2.45, 2.75) is 27.2 Å². The van der Waals surface area contributed by atoms with Gasteiger partial charge in [-0.2, -0.15) is 0 Å². The molecule has 124 valence electrons. The van der Waals surface area contributed by atoms with Crippen LogP contribution < -0.4 is 10.7 Å². The Kier molecular flexibility index (Phi) is 4.73. The molecule has 4 nitrogen and oxygen atoms in total. The van der Waals surface area contributed by atoms with Crippen molar-refractivity contribution in [3.05, 3.63) is 58.4 Å². The third kappa shape index (κ3) is 3.23. The predicted molar refractivity (Wildman–Crippen MR) is 106 cm³/mol. The molecule has 0 aliphatic carbocycles. The van der Waals surface area contributed by atoms with Crippen molar-refractivity contribution in [1.29, 1.82) is 0 Å². The number of anilines is 1. The number of imidazole rings is 1. The molecule has 0 spiro atoms. The van der Waals surface area contributed by atoms with Gasteiger partial charge in [0.25, 0.3) is 0 Å². The van der Waals surface area contributed by atoms with E-state index in [2.05, 4.69) is 28.7 Å². The highest BCUT2D eigenvalue weighted by molar-refractivity contribution is 7.80. The summed E-state index contributed by atoms with van der Waals surface area (Å²) in [7, 11) is 0. The standard InChI is InChI=1S/C18H19ClN4S/c1-4-16-20-14-7-5-6-8-15(14)23(16)22-18(24)21-17-12(3)9-11(2)10-13(17)19/h5-10H,4H2,1-3H3,(H2,21,22,24). The summed E-state index contributed by atoms with van der Waals surface area (Å²) < 4.78 is 1.92. The summed E-state index contributed by atoms with van der Waals surface area (Å²) in [4.78, 5) is 4.62. The molecular formula is C18H19ClN4S. The SMILES string of the molecule is CCc1nc2ccccc2n1NC(=S)Nc1c(C)cc(C)cc1Cl. The minimum absolute atomic E-state index is 0.474. The zero-order valence-electron chi connectivity index (χ0n) is 13.9. The van der Waals surface area contributed by atoms with E-state index in [1.165, 1.54) is 0 Å². The molecule has 6 heteroatoms. The van der Waals surface area contributed by atoms with Crippen LogP contribution in [-0.2, 0) is 6.42 Å². The Hall–Kier alpha value is -2.11. The van der Waals surface area contributed by atoms with E-state index in [-0.39, 0.29) is 0 Å². The van der Waals surface area contributed by atoms with Gasteiger partial charge in [0, 0.05) is 6.42 Å². The molecule has 0 aliphatic heterocycles. The summed E-state index contributed by atoms with van der Waals surface area (Å²) in [6.07, 6.45) is 0.800. The lowest BCUT2D eigenvalue weighted by Crippen LogP contribution is -2.29. The molecular weight excluding hydrogens is 340 g/mol. The van der Waals surface area contributed by atoms with Gasteiger partial charge in [-0.05, 0) is 55.4 Å². The second-order valence-electron chi connectivity index (χ2n) is 5.71. The predicted octanol–water partition coefficient (Wildman–Crippen LogP) is 4.81. The number of benzene rings is 2. The zero-order valence-corrected chi connectivity index (χ0v) is 15.4. The number of fused-ring (bicyclic) bond motifs is 1. The number of hydrogen-bond donors (Lipinski definition) is 2. The first-order chi connectivity index (χ1) is 11.5. The lowest BCUT2D eigenvalue weighted by Gasteiger charge is -2.16. The van der Waals surface area contributed by atoms with Crippen molar-refractivity contribution in [1.82, 2.24) is 9.66 Å². The van der Waals surface area contributed by atoms with Gasteiger partial charge in [-0.25, -0.2) is 9.66 Å². The van der Waals surface area contributed by atoms with Gasteiger partial charge < -0.3 is 5.32 Å². The van der Waals surface area contributed by atoms with Gasteiger partial charge >= 0.3 is 0 Å². The highest BCUT2D eigenvalue weighted by Gasteiger charge is 2.12. The molecule has 0 aliphatic rings. The maximum atomic E-state index is 6.35. The van der Waals surface area contributed by atoms with Crippen LogP contribution in [0.4, 0.5) is 5.69 Å². The highest BCUT2D eigenvalue weighted by atomic mass is 35.5. The minimum Gasteiger partial charge on any atom is -0.330 e. The first kappa shape index (κ1) is 16.7. The van der Waals surface area contributed by atoms with E-state index in [0.29, 0.717) is 10.1 Å². The molecule has 0 saturated carbocycles. The van der Waals surface area contributed by atoms with E-state index in [1.54, 1.807) is 0 Å². The molecule has 3 rings (SSSR count). The molecule has 0 fully saturated rings. The number of thiocarbonyl (C=S) groups is 1. The van der Waals surface area contributed by atoms with Gasteiger partial charge in [-0.3, -0.25) is 5.43 Å². The van der Waals surface area contributed by atoms with Crippen LogP contribution in [0.1, 0.15) is 23.9 Å². The summed E-state index contributed by atoms with van der Waals surface area (Å²) in [6, 6.07) is 12.0. The average Bonchev–Trinajstić information content (AvgIpc) is 2.89. The number of hydrogen-bond acceptors (Lipinski definition) is 2. The van der Waals surface area contributed by atoms with Gasteiger partial charge in [0.15, 0.2) is 5.11 Å². The Labute approximate surface area is 151 Å². The molecule has 0 bridgehead atoms. The summed E-state index contributed by atoms with van der Waals surface area (Å²) in [5.41, 5.74) is 8.14. The quantitative estimate of drug-likeness (QED) is 0.659. The Morgan fingerprint density at radius 3 is 2.71 bits per heavy atom. The van der Waals surface area contributed by atoms with Crippen LogP contribution in [0, 0.1) is 13.8 Å². The van der Waals surface area contributed by atoms with Crippen LogP contribution in [0.3, 0.4) is 0 Å². The fraction of sp³-hybridized carbons (Fsp3) is 0.222. The van der Waals surface area contributed by atoms with E-state index in [1.807, 2.05) is 48.9 Å². The minimum atomic E-state index is 0.474. The second-order valence-corrected chi connectivity index (χ2v) is 6.53. The van der Waals surface area contributed by atoms with Crippen molar-refractivity contribution in [2.24, 2.45) is 0 Å². The van der Waals surface area contributed by atoms with Gasteiger partial charge in [-0.1, -0.05) is 36.7 Å². The van der Waals surface area contributed by atoms with E-state index in [0.717, 1.165) is 40.1 Å². The third-order valence-corrected chi connectivity index (χ3v) is 4.32. The number of nitrogens with zero attached hydrogens (tertiary/aromatic N) is 2. The first-order valence-electron chi connectivity index (χ1n) is 7.80. The van der Waals surface area contributed by atoms with Crippen LogP contribution in [0.5, 0.6) is 0 Å². The fourth-order valence-electron chi connectivity index (χ4n) is 2.75. The molecule has 0 radical (unpaired) electrons. The van der Waals surface area contributed by atoms with Crippen LogP contribution in [0.2, 0.25) is 5.02 Å². The van der Waals surface area contributed by atoms with Crippen LogP contribution in [0.15, 0.2) is 36.4 Å². The summed E-state index contributed by atoms with van der Waals surface area (Å²) in [5.74, 6) is 0.923. The smallest absolute Gasteiger partial charge is 0.190 e. The van der Waals surface area contributed by atoms with Gasteiger partial charge in [0.1, 0.15) is 5.82 Å². The monoisotopic (exact) mass is 358 g/mol. The largest absolute Gasteiger partial charge is 0.330 e. The number of halogens is 1. The first-order valence-corrected chi connectivity index (χ1v) is 8.59. The number of nitrogens with one attached hydrogen (secondary N) is 2. The molecule has 24 heavy (non-hydrogen) atoms.